The van der Waals surface area contributed by atoms with Gasteiger partial charge in [0.15, 0.2) is 12.1 Å². The van der Waals surface area contributed by atoms with Crippen molar-refractivity contribution in [3.63, 3.8) is 0 Å². The SMILES string of the molecule is CCN1c2cc3c(cc2C(C)=CC1(C)C)C(c1ccc(OCC(=O)O)cc1)=c1cc2c(cc1P3(=O)[O-])=[N+](CC)C(C)(C)C=C2C. The second kappa shape index (κ2) is 10.6. The number of carboxylic acids is 1. The third-order valence-electron chi connectivity index (χ3n) is 9.50. The Hall–Kier alpha value is -3.93. The fourth-order valence-electron chi connectivity index (χ4n) is 7.72. The first kappa shape index (κ1) is 31.1. The number of hydrogen-bond donors (Lipinski definition) is 1. The van der Waals surface area contributed by atoms with Crippen LogP contribution < -0.4 is 40.3 Å². The van der Waals surface area contributed by atoms with Crippen molar-refractivity contribution in [3.05, 3.63) is 93.5 Å². The van der Waals surface area contributed by atoms with E-state index in [1.807, 2.05) is 24.3 Å². The third-order valence-corrected chi connectivity index (χ3v) is 11.5. The van der Waals surface area contributed by atoms with Gasteiger partial charge in [-0.2, -0.15) is 0 Å². The van der Waals surface area contributed by atoms with E-state index in [9.17, 15) is 14.3 Å². The maximum absolute atomic E-state index is 14.8. The van der Waals surface area contributed by atoms with E-state index in [0.29, 0.717) is 27.1 Å². The predicted octanol–water partition coefficient (Wildman–Crippen LogP) is 4.03. The van der Waals surface area contributed by atoms with Gasteiger partial charge in [-0.15, -0.1) is 0 Å². The maximum Gasteiger partial charge on any atom is 0.341 e. The van der Waals surface area contributed by atoms with Gasteiger partial charge in [-0.1, -0.05) is 18.2 Å². The number of benzene rings is 3. The zero-order valence-corrected chi connectivity index (χ0v) is 28.2. The van der Waals surface area contributed by atoms with E-state index < -0.39 is 19.9 Å². The highest BCUT2D eigenvalue weighted by molar-refractivity contribution is 7.72. The molecule has 0 amide bonds. The summed E-state index contributed by atoms with van der Waals surface area (Å²) in [4.78, 5) is 28.1. The smallest absolute Gasteiger partial charge is 0.341 e. The van der Waals surface area contributed by atoms with Crippen molar-refractivity contribution in [2.45, 2.75) is 66.5 Å². The number of rotatable bonds is 6. The van der Waals surface area contributed by atoms with Gasteiger partial charge in [0.25, 0.3) is 0 Å². The Morgan fingerprint density at radius 1 is 0.933 bits per heavy atom. The summed E-state index contributed by atoms with van der Waals surface area (Å²) in [5.74, 6) is -0.618. The van der Waals surface area contributed by atoms with E-state index in [-0.39, 0.29) is 11.1 Å². The molecule has 0 radical (unpaired) electrons. The number of carbonyl (C=O) groups is 1. The number of hydrogen-bond acceptors (Lipinski definition) is 5. The van der Waals surface area contributed by atoms with Crippen LogP contribution in [0.3, 0.4) is 0 Å². The summed E-state index contributed by atoms with van der Waals surface area (Å²) in [6.45, 7) is 18.0. The molecule has 234 valence electrons. The van der Waals surface area contributed by atoms with Crippen molar-refractivity contribution in [1.29, 1.82) is 0 Å². The molecule has 8 heteroatoms. The van der Waals surface area contributed by atoms with Gasteiger partial charge in [0.05, 0.1) is 12.9 Å². The van der Waals surface area contributed by atoms with E-state index in [2.05, 4.69) is 89.2 Å². The number of carboxylic acid groups (broad SMARTS) is 1. The van der Waals surface area contributed by atoms with E-state index in [4.69, 9.17) is 9.84 Å². The van der Waals surface area contributed by atoms with Crippen molar-refractivity contribution >= 4 is 46.4 Å². The molecule has 45 heavy (non-hydrogen) atoms. The van der Waals surface area contributed by atoms with Crippen LogP contribution in [-0.2, 0) is 9.36 Å². The number of ether oxygens (including phenoxy) is 1. The van der Waals surface area contributed by atoms with Gasteiger partial charge >= 0.3 is 5.97 Å². The van der Waals surface area contributed by atoms with Crippen LogP contribution in [0.2, 0.25) is 0 Å². The number of aliphatic carboxylic acids is 1. The van der Waals surface area contributed by atoms with Gasteiger partial charge < -0.3 is 24.2 Å². The highest BCUT2D eigenvalue weighted by atomic mass is 31.2. The van der Waals surface area contributed by atoms with E-state index in [1.54, 1.807) is 12.1 Å². The summed E-state index contributed by atoms with van der Waals surface area (Å²) in [6, 6.07) is 15.1. The lowest BCUT2D eigenvalue weighted by Gasteiger charge is -2.44. The molecule has 0 fully saturated rings. The second-order valence-electron chi connectivity index (χ2n) is 13.4. The Kier molecular flexibility index (Phi) is 7.30. The van der Waals surface area contributed by atoms with Crippen LogP contribution in [0, 0.1) is 0 Å². The highest BCUT2D eigenvalue weighted by Gasteiger charge is 2.38. The summed E-state index contributed by atoms with van der Waals surface area (Å²) in [5.41, 5.74) is 6.97. The van der Waals surface area contributed by atoms with Crippen LogP contribution in [0.1, 0.15) is 77.6 Å². The molecule has 3 aliphatic heterocycles. The van der Waals surface area contributed by atoms with Gasteiger partial charge in [0.2, 0.25) is 5.36 Å². The van der Waals surface area contributed by atoms with Crippen molar-refractivity contribution in [1.82, 2.24) is 4.58 Å². The van der Waals surface area contributed by atoms with Crippen LogP contribution in [0.5, 0.6) is 5.75 Å². The average molecular weight is 625 g/mol. The molecule has 3 aromatic rings. The number of likely N-dealkylation sites (N-methyl/N-ethyl adjacent to an activating group) is 2. The molecule has 0 spiro atoms. The van der Waals surface area contributed by atoms with Crippen LogP contribution in [0.4, 0.5) is 5.69 Å². The summed E-state index contributed by atoms with van der Waals surface area (Å²) < 4.78 is 22.5. The topological polar surface area (TPSA) is 92.9 Å². The van der Waals surface area contributed by atoms with Gasteiger partial charge in [0, 0.05) is 53.9 Å². The summed E-state index contributed by atoms with van der Waals surface area (Å²) >= 11 is 0. The van der Waals surface area contributed by atoms with Crippen molar-refractivity contribution < 1.29 is 24.1 Å². The van der Waals surface area contributed by atoms with Gasteiger partial charge in [-0.3, -0.25) is 0 Å². The summed E-state index contributed by atoms with van der Waals surface area (Å²) in [5, 5.41) is 11.3. The number of nitrogens with zero attached hydrogens (tertiary/aromatic N) is 2. The molecule has 0 aromatic heterocycles. The van der Waals surface area contributed by atoms with E-state index >= 15 is 0 Å². The maximum atomic E-state index is 14.8. The molecule has 0 saturated heterocycles. The molecule has 0 saturated carbocycles. The Labute approximate surface area is 264 Å². The molecule has 1 atom stereocenters. The molecular weight excluding hydrogens is 583 g/mol. The minimum Gasteiger partial charge on any atom is -0.793 e. The fourth-order valence-corrected chi connectivity index (χ4v) is 9.55. The first-order valence-corrected chi connectivity index (χ1v) is 17.2. The monoisotopic (exact) mass is 624 g/mol. The van der Waals surface area contributed by atoms with Crippen molar-refractivity contribution in [2.24, 2.45) is 0 Å². The Balaban J connectivity index is 1.74. The normalized spacial score (nSPS) is 20.8. The molecule has 7 nitrogen and oxygen atoms in total. The molecule has 1 N–H and O–H groups in total. The van der Waals surface area contributed by atoms with Crippen LogP contribution >= 0.6 is 7.37 Å². The van der Waals surface area contributed by atoms with E-state index in [0.717, 1.165) is 57.5 Å². The standard InChI is InChI=1S/C37H41N2O5P/c1-9-38-30-17-32-28(15-26(30)22(3)19-36(38,5)6)35(24-11-13-25(14-12-24)44-21-34(40)41)29-16-27-23(4)20-37(7,8)39(10-2)31(27)18-33(29)45(32,42)43/h11-20H,9-10,21H2,1-8H3,(H-,40,41,42,43). The number of anilines is 1. The average Bonchev–Trinajstić information content (AvgIpc) is 2.95. The minimum absolute atomic E-state index is 0.270. The van der Waals surface area contributed by atoms with E-state index in [1.165, 1.54) is 0 Å². The van der Waals surface area contributed by atoms with Gasteiger partial charge in [-0.25, -0.2) is 9.37 Å². The van der Waals surface area contributed by atoms with Crippen molar-refractivity contribution in [3.8, 4) is 5.75 Å². The highest BCUT2D eigenvalue weighted by Crippen LogP contribution is 2.46. The molecule has 6 rings (SSSR count). The first-order valence-electron chi connectivity index (χ1n) is 15.6. The predicted molar refractivity (Wildman–Crippen MR) is 180 cm³/mol. The zero-order valence-electron chi connectivity index (χ0n) is 27.3. The fraction of sp³-hybridized carbons (Fsp3) is 0.351. The molecule has 3 aliphatic rings. The molecule has 0 bridgehead atoms. The molecule has 1 unspecified atom stereocenters. The third kappa shape index (κ3) is 4.88. The largest absolute Gasteiger partial charge is 0.793 e. The number of fused-ring (bicyclic) bond motifs is 4. The Bertz CT molecular complexity index is 2020. The quantitative estimate of drug-likeness (QED) is 0.329. The molecule has 3 aromatic carbocycles. The molecule has 3 heterocycles. The zero-order chi connectivity index (χ0) is 32.6. The second-order valence-corrected chi connectivity index (χ2v) is 15.4. The lowest BCUT2D eigenvalue weighted by molar-refractivity contribution is -0.167. The van der Waals surface area contributed by atoms with Gasteiger partial charge in [0.1, 0.15) is 12.3 Å². The lowest BCUT2D eigenvalue weighted by atomic mass is 9.85. The van der Waals surface area contributed by atoms with Crippen molar-refractivity contribution in [2.75, 3.05) is 24.6 Å². The molecular formula is C37H41N2O5P. The number of allylic oxidation sites excluding steroid dienone is 2. The Morgan fingerprint density at radius 3 is 2.22 bits per heavy atom. The summed E-state index contributed by atoms with van der Waals surface area (Å²) in [7, 11) is -4.30. The lowest BCUT2D eigenvalue weighted by Crippen LogP contribution is -2.52. The van der Waals surface area contributed by atoms with Crippen LogP contribution in [0.15, 0.2) is 60.7 Å². The first-order chi connectivity index (χ1) is 21.1. The van der Waals surface area contributed by atoms with Crippen LogP contribution in [0.25, 0.3) is 16.7 Å². The summed E-state index contributed by atoms with van der Waals surface area (Å²) in [6.07, 6.45) is 4.50. The van der Waals surface area contributed by atoms with Crippen LogP contribution in [-0.4, -0.2) is 41.9 Å². The Morgan fingerprint density at radius 2 is 1.60 bits per heavy atom. The minimum atomic E-state index is -4.30. The molecule has 0 aliphatic carbocycles. The van der Waals surface area contributed by atoms with Gasteiger partial charge in [-0.05, 0) is 111 Å².